The summed E-state index contributed by atoms with van der Waals surface area (Å²) >= 11 is 0. The maximum atomic E-state index is 3.78. The molecule has 0 N–H and O–H groups in total. The second-order valence-electron chi connectivity index (χ2n) is 3.14. The molecule has 0 aliphatic carbocycles. The molecule has 0 heterocycles. The Morgan fingerprint density at radius 3 is 2.58 bits per heavy atom. The van der Waals surface area contributed by atoms with E-state index in [1.807, 2.05) is 12.1 Å². The van der Waals surface area contributed by atoms with Gasteiger partial charge in [0.2, 0.25) is 0 Å². The summed E-state index contributed by atoms with van der Waals surface area (Å²) in [5, 5.41) is 0. The number of benzene rings is 1. The minimum absolute atomic E-state index is 0.974. The molecule has 0 aliphatic heterocycles. The third-order valence-corrected chi connectivity index (χ3v) is 1.76. The van der Waals surface area contributed by atoms with E-state index in [4.69, 9.17) is 0 Å². The van der Waals surface area contributed by atoms with E-state index in [1.165, 1.54) is 11.1 Å². The van der Waals surface area contributed by atoms with E-state index >= 15 is 0 Å². The molecule has 0 saturated carbocycles. The van der Waals surface area contributed by atoms with E-state index in [1.54, 1.807) is 0 Å². The van der Waals surface area contributed by atoms with E-state index in [2.05, 4.69) is 43.8 Å². The molecular weight excluding hydrogens is 146 g/mol. The van der Waals surface area contributed by atoms with Gasteiger partial charge in [-0.05, 0) is 25.2 Å². The lowest BCUT2D eigenvalue weighted by atomic mass is 10.1. The maximum absolute atomic E-state index is 3.78. The van der Waals surface area contributed by atoms with Crippen molar-refractivity contribution in [2.75, 3.05) is 14.1 Å². The molecule has 0 unspecified atom stereocenters. The number of nitrogens with zero attached hydrogens (tertiary/aromatic N) is 1. The molecule has 0 saturated heterocycles. The molecule has 0 radical (unpaired) electrons. The minimum Gasteiger partial charge on any atom is -0.305 e. The molecule has 0 aliphatic rings. The van der Waals surface area contributed by atoms with Gasteiger partial charge >= 0.3 is 0 Å². The summed E-state index contributed by atoms with van der Waals surface area (Å²) in [7, 11) is 4.14. The van der Waals surface area contributed by atoms with Gasteiger partial charge in [0.15, 0.2) is 0 Å². The van der Waals surface area contributed by atoms with Gasteiger partial charge in [-0.3, -0.25) is 0 Å². The fraction of sp³-hybridized carbons (Fsp3) is 0.273. The lowest BCUT2D eigenvalue weighted by Gasteiger charge is -2.11. The molecule has 64 valence electrons. The second-order valence-corrected chi connectivity index (χ2v) is 3.14. The van der Waals surface area contributed by atoms with Gasteiger partial charge in [-0.15, -0.1) is 0 Å². The van der Waals surface area contributed by atoms with Crippen molar-refractivity contribution in [1.82, 2.24) is 4.90 Å². The first kappa shape index (κ1) is 9.01. The Labute approximate surface area is 74.3 Å². The fourth-order valence-electron chi connectivity index (χ4n) is 1.22. The first-order valence-corrected chi connectivity index (χ1v) is 4.09. The molecule has 1 nitrogen and oxygen atoms in total. The maximum Gasteiger partial charge on any atom is 0.0233 e. The smallest absolute Gasteiger partial charge is 0.0233 e. The molecule has 0 bridgehead atoms. The topological polar surface area (TPSA) is 3.24 Å². The third kappa shape index (κ3) is 2.21. The Hall–Kier alpha value is -1.08. The first-order valence-electron chi connectivity index (χ1n) is 4.09. The lowest BCUT2D eigenvalue weighted by molar-refractivity contribution is 0.402. The summed E-state index contributed by atoms with van der Waals surface area (Å²) in [5.41, 5.74) is 2.56. The normalized spacial score (nSPS) is 10.2. The summed E-state index contributed by atoms with van der Waals surface area (Å²) in [5.74, 6) is 0. The molecule has 0 fully saturated rings. The van der Waals surface area contributed by atoms with Crippen LogP contribution in [-0.2, 0) is 6.54 Å². The highest BCUT2D eigenvalue weighted by atomic mass is 15.0. The van der Waals surface area contributed by atoms with Crippen LogP contribution in [0.1, 0.15) is 11.1 Å². The first-order chi connectivity index (χ1) is 5.74. The van der Waals surface area contributed by atoms with Crippen LogP contribution in [-0.4, -0.2) is 19.0 Å². The van der Waals surface area contributed by atoms with Crippen LogP contribution in [0.3, 0.4) is 0 Å². The molecule has 12 heavy (non-hydrogen) atoms. The zero-order valence-electron chi connectivity index (χ0n) is 7.75. The highest BCUT2D eigenvalue weighted by Gasteiger charge is 1.98. The average Bonchev–Trinajstić information content (AvgIpc) is 2.04. The van der Waals surface area contributed by atoms with Crippen molar-refractivity contribution in [3.63, 3.8) is 0 Å². The molecular formula is C11H15N. The Kier molecular flexibility index (Phi) is 3.06. The van der Waals surface area contributed by atoms with Gasteiger partial charge < -0.3 is 4.90 Å². The standard InChI is InChI=1S/C11H15N/c1-4-10-7-5-6-8-11(10)9-12(2)3/h4-8H,1,9H2,2-3H3. The van der Waals surface area contributed by atoms with E-state index in [0.717, 1.165) is 6.54 Å². The van der Waals surface area contributed by atoms with E-state index in [-0.39, 0.29) is 0 Å². The van der Waals surface area contributed by atoms with Crippen molar-refractivity contribution in [2.24, 2.45) is 0 Å². The van der Waals surface area contributed by atoms with Crippen molar-refractivity contribution in [3.8, 4) is 0 Å². The van der Waals surface area contributed by atoms with Crippen molar-refractivity contribution < 1.29 is 0 Å². The minimum atomic E-state index is 0.974. The molecule has 0 aromatic heterocycles. The molecule has 1 aromatic rings. The van der Waals surface area contributed by atoms with Crippen molar-refractivity contribution in [2.45, 2.75) is 6.54 Å². The number of rotatable bonds is 3. The van der Waals surface area contributed by atoms with E-state index in [9.17, 15) is 0 Å². The molecule has 0 amide bonds. The zero-order valence-corrected chi connectivity index (χ0v) is 7.75. The van der Waals surface area contributed by atoms with Crippen LogP contribution in [0, 0.1) is 0 Å². The summed E-state index contributed by atoms with van der Waals surface area (Å²) < 4.78 is 0. The van der Waals surface area contributed by atoms with Crippen molar-refractivity contribution in [1.29, 1.82) is 0 Å². The number of hydrogen-bond acceptors (Lipinski definition) is 1. The SMILES string of the molecule is C=Cc1ccccc1CN(C)C. The molecule has 0 atom stereocenters. The summed E-state index contributed by atoms with van der Waals surface area (Å²) in [6, 6.07) is 8.32. The lowest BCUT2D eigenvalue weighted by Crippen LogP contribution is -2.11. The predicted molar refractivity (Wildman–Crippen MR) is 53.9 cm³/mol. The van der Waals surface area contributed by atoms with Gasteiger partial charge in [-0.2, -0.15) is 0 Å². The number of hydrogen-bond donors (Lipinski definition) is 0. The summed E-state index contributed by atoms with van der Waals surface area (Å²) in [6.45, 7) is 4.75. The second kappa shape index (κ2) is 4.07. The zero-order chi connectivity index (χ0) is 8.97. The van der Waals surface area contributed by atoms with Gasteiger partial charge in [0.05, 0.1) is 0 Å². The highest BCUT2D eigenvalue weighted by Crippen LogP contribution is 2.10. The fourth-order valence-corrected chi connectivity index (χ4v) is 1.22. The third-order valence-electron chi connectivity index (χ3n) is 1.76. The Morgan fingerprint density at radius 1 is 1.33 bits per heavy atom. The van der Waals surface area contributed by atoms with Gasteiger partial charge in [0.1, 0.15) is 0 Å². The van der Waals surface area contributed by atoms with Crippen molar-refractivity contribution >= 4 is 6.08 Å². The average molecular weight is 161 g/mol. The van der Waals surface area contributed by atoms with Crippen LogP contribution in [0.2, 0.25) is 0 Å². The predicted octanol–water partition coefficient (Wildman–Crippen LogP) is 2.39. The Morgan fingerprint density at radius 2 is 2.00 bits per heavy atom. The van der Waals surface area contributed by atoms with Gasteiger partial charge in [0, 0.05) is 6.54 Å². The van der Waals surface area contributed by atoms with Crippen LogP contribution in [0.25, 0.3) is 6.08 Å². The van der Waals surface area contributed by atoms with Gasteiger partial charge in [0.25, 0.3) is 0 Å². The molecule has 1 rings (SSSR count). The van der Waals surface area contributed by atoms with Crippen molar-refractivity contribution in [3.05, 3.63) is 42.0 Å². The van der Waals surface area contributed by atoms with Crippen LogP contribution in [0.4, 0.5) is 0 Å². The Balaban J connectivity index is 2.89. The molecule has 1 heteroatoms. The molecule has 0 spiro atoms. The quantitative estimate of drug-likeness (QED) is 0.658. The van der Waals surface area contributed by atoms with Crippen LogP contribution in [0.5, 0.6) is 0 Å². The largest absolute Gasteiger partial charge is 0.305 e. The van der Waals surface area contributed by atoms with Crippen LogP contribution < -0.4 is 0 Å². The van der Waals surface area contributed by atoms with E-state index in [0.29, 0.717) is 0 Å². The highest BCUT2D eigenvalue weighted by molar-refractivity contribution is 5.51. The van der Waals surface area contributed by atoms with Crippen LogP contribution in [0.15, 0.2) is 30.8 Å². The summed E-state index contributed by atoms with van der Waals surface area (Å²) in [6.07, 6.45) is 1.90. The van der Waals surface area contributed by atoms with Gasteiger partial charge in [-0.1, -0.05) is 36.9 Å². The Bertz CT molecular complexity index is 263. The van der Waals surface area contributed by atoms with E-state index < -0.39 is 0 Å². The summed E-state index contributed by atoms with van der Waals surface area (Å²) in [4.78, 5) is 2.16. The van der Waals surface area contributed by atoms with Crippen LogP contribution >= 0.6 is 0 Å². The monoisotopic (exact) mass is 161 g/mol. The van der Waals surface area contributed by atoms with Gasteiger partial charge in [-0.25, -0.2) is 0 Å². The molecule has 1 aromatic carbocycles.